The Kier molecular flexibility index (Phi) is 5.43. The summed E-state index contributed by atoms with van der Waals surface area (Å²) in [4.78, 5) is 20.1. The quantitative estimate of drug-likeness (QED) is 0.595. The van der Waals surface area contributed by atoms with Crippen molar-refractivity contribution in [1.29, 1.82) is 0 Å². The fourth-order valence-electron chi connectivity index (χ4n) is 0.884. The molecule has 0 aromatic heterocycles. The average Bonchev–Trinajstić information content (AvgIpc) is 1.87. The largest absolute Gasteiger partial charge is 0.481 e. The van der Waals surface area contributed by atoms with Gasteiger partial charge < -0.3 is 9.90 Å². The summed E-state index contributed by atoms with van der Waals surface area (Å²) in [5.74, 6) is -0.435. The molecule has 0 radical (unpaired) electrons. The van der Waals surface area contributed by atoms with E-state index >= 15 is 0 Å². The molecule has 1 atom stereocenters. The van der Waals surface area contributed by atoms with Gasteiger partial charge in [-0.05, 0) is 18.8 Å². The summed E-state index contributed by atoms with van der Waals surface area (Å²) in [5.41, 5.74) is 0. The highest BCUT2D eigenvalue weighted by molar-refractivity contribution is 5.66. The Bertz CT molecular complexity index is 131. The molecule has 0 aliphatic rings. The number of aliphatic carboxylic acids is 1. The van der Waals surface area contributed by atoms with Crippen molar-refractivity contribution in [3.63, 3.8) is 0 Å². The Morgan fingerprint density at radius 1 is 1.64 bits per heavy atom. The van der Waals surface area contributed by atoms with Gasteiger partial charge in [-0.2, -0.15) is 0 Å². The second-order valence-corrected chi connectivity index (χ2v) is 2.79. The molecule has 0 aromatic carbocycles. The van der Waals surface area contributed by atoms with Gasteiger partial charge >= 0.3 is 5.97 Å². The van der Waals surface area contributed by atoms with Crippen LogP contribution >= 0.6 is 0 Å². The third-order valence-electron chi connectivity index (χ3n) is 1.59. The minimum Gasteiger partial charge on any atom is -0.481 e. The smallest absolute Gasteiger partial charge is 0.303 e. The first kappa shape index (κ1) is 10.1. The van der Waals surface area contributed by atoms with Gasteiger partial charge in [-0.15, -0.1) is 0 Å². The number of aldehydes is 1. The Balaban J connectivity index is 3.23. The number of hydrogen-bond acceptors (Lipinski definition) is 2. The average molecular weight is 158 g/mol. The summed E-state index contributed by atoms with van der Waals surface area (Å²) in [5, 5.41) is 8.29. The van der Waals surface area contributed by atoms with Crippen LogP contribution in [0.2, 0.25) is 0 Å². The van der Waals surface area contributed by atoms with E-state index in [1.165, 1.54) is 0 Å². The highest BCUT2D eigenvalue weighted by Gasteiger charge is 2.02. The predicted octanol–water partition coefficient (Wildman–Crippen LogP) is 1.47. The number of carbonyl (C=O) groups excluding carboxylic acids is 1. The van der Waals surface area contributed by atoms with Crippen molar-refractivity contribution < 1.29 is 14.7 Å². The molecule has 0 aromatic rings. The molecule has 0 aliphatic heterocycles. The summed E-state index contributed by atoms with van der Waals surface area (Å²) in [6.45, 7) is 1.95. The number of rotatable bonds is 6. The normalized spacial score (nSPS) is 12.5. The van der Waals surface area contributed by atoms with Gasteiger partial charge in [-0.25, -0.2) is 0 Å². The Morgan fingerprint density at radius 2 is 2.27 bits per heavy atom. The molecule has 0 aliphatic carbocycles. The first-order valence-corrected chi connectivity index (χ1v) is 3.82. The fraction of sp³-hybridized carbons (Fsp3) is 0.750. The minimum atomic E-state index is -0.761. The van der Waals surface area contributed by atoms with Crippen molar-refractivity contribution >= 4 is 12.3 Å². The van der Waals surface area contributed by atoms with E-state index in [4.69, 9.17) is 5.11 Å². The molecule has 0 bridgehead atoms. The maximum Gasteiger partial charge on any atom is 0.303 e. The molecule has 0 rings (SSSR count). The van der Waals surface area contributed by atoms with Crippen LogP contribution in [0.5, 0.6) is 0 Å². The minimum absolute atomic E-state index is 0.212. The van der Waals surface area contributed by atoms with Crippen molar-refractivity contribution in [2.75, 3.05) is 0 Å². The Hall–Kier alpha value is -0.860. The molecule has 1 unspecified atom stereocenters. The van der Waals surface area contributed by atoms with Crippen LogP contribution in [-0.2, 0) is 9.59 Å². The predicted molar refractivity (Wildman–Crippen MR) is 41.3 cm³/mol. The Labute approximate surface area is 66.4 Å². The molecule has 0 saturated carbocycles. The maximum absolute atomic E-state index is 10.1. The van der Waals surface area contributed by atoms with Crippen molar-refractivity contribution in [1.82, 2.24) is 0 Å². The van der Waals surface area contributed by atoms with Crippen LogP contribution < -0.4 is 0 Å². The van der Waals surface area contributed by atoms with E-state index in [9.17, 15) is 9.59 Å². The molecule has 1 N–H and O–H groups in total. The second-order valence-electron chi connectivity index (χ2n) is 2.79. The molecule has 3 nitrogen and oxygen atoms in total. The lowest BCUT2D eigenvalue weighted by Gasteiger charge is -2.04. The molecule has 11 heavy (non-hydrogen) atoms. The zero-order valence-electron chi connectivity index (χ0n) is 6.75. The van der Waals surface area contributed by atoms with Gasteiger partial charge in [-0.1, -0.05) is 6.92 Å². The van der Waals surface area contributed by atoms with Crippen molar-refractivity contribution in [2.24, 2.45) is 5.92 Å². The van der Waals surface area contributed by atoms with E-state index in [1.807, 2.05) is 6.92 Å². The number of hydrogen-bond donors (Lipinski definition) is 1. The van der Waals surface area contributed by atoms with Crippen molar-refractivity contribution in [3.8, 4) is 0 Å². The highest BCUT2D eigenvalue weighted by atomic mass is 16.4. The zero-order valence-corrected chi connectivity index (χ0v) is 6.75. The lowest BCUT2D eigenvalue weighted by molar-refractivity contribution is -0.137. The van der Waals surface area contributed by atoms with E-state index in [-0.39, 0.29) is 6.42 Å². The SMILES string of the molecule is CC(CC=O)CCCC(=O)O. The monoisotopic (exact) mass is 158 g/mol. The molecule has 0 heterocycles. The zero-order chi connectivity index (χ0) is 8.69. The molecule has 0 fully saturated rings. The summed E-state index contributed by atoms with van der Waals surface area (Å²) in [6.07, 6.45) is 3.13. The van der Waals surface area contributed by atoms with Crippen LogP contribution in [0.1, 0.15) is 32.6 Å². The van der Waals surface area contributed by atoms with E-state index in [2.05, 4.69) is 0 Å². The molecule has 0 spiro atoms. The lowest BCUT2D eigenvalue weighted by atomic mass is 10.0. The Morgan fingerprint density at radius 3 is 2.73 bits per heavy atom. The van der Waals surface area contributed by atoms with Gasteiger partial charge in [0.05, 0.1) is 0 Å². The van der Waals surface area contributed by atoms with E-state index < -0.39 is 5.97 Å². The molecular formula is C8H14O3. The second kappa shape index (κ2) is 5.89. The van der Waals surface area contributed by atoms with Crippen LogP contribution in [0.4, 0.5) is 0 Å². The van der Waals surface area contributed by atoms with Crippen LogP contribution in [0.3, 0.4) is 0 Å². The van der Waals surface area contributed by atoms with Crippen LogP contribution in [0, 0.1) is 5.92 Å². The summed E-state index contributed by atoms with van der Waals surface area (Å²) >= 11 is 0. The third kappa shape index (κ3) is 7.03. The lowest BCUT2D eigenvalue weighted by Crippen LogP contribution is -1.99. The molecule has 0 saturated heterocycles. The number of carboxylic acids is 1. The molecule has 3 heteroatoms. The molecular weight excluding hydrogens is 144 g/mol. The highest BCUT2D eigenvalue weighted by Crippen LogP contribution is 2.09. The van der Waals surface area contributed by atoms with Crippen LogP contribution in [-0.4, -0.2) is 17.4 Å². The number of carbonyl (C=O) groups is 2. The van der Waals surface area contributed by atoms with E-state index in [0.717, 1.165) is 12.7 Å². The first-order valence-electron chi connectivity index (χ1n) is 3.82. The number of carboxylic acid groups (broad SMARTS) is 1. The molecule has 0 amide bonds. The summed E-state index contributed by atoms with van der Waals surface area (Å²) in [7, 11) is 0. The van der Waals surface area contributed by atoms with Crippen LogP contribution in [0.25, 0.3) is 0 Å². The molecule has 64 valence electrons. The van der Waals surface area contributed by atoms with Gasteiger partial charge in [-0.3, -0.25) is 4.79 Å². The third-order valence-corrected chi connectivity index (χ3v) is 1.59. The van der Waals surface area contributed by atoms with Crippen LogP contribution in [0.15, 0.2) is 0 Å². The van der Waals surface area contributed by atoms with Gasteiger partial charge in [0.2, 0.25) is 0 Å². The first-order chi connectivity index (χ1) is 5.16. The standard InChI is InChI=1S/C8H14O3/c1-7(5-6-9)3-2-4-8(10)11/h6-7H,2-5H2,1H3,(H,10,11). The van der Waals surface area contributed by atoms with Crippen molar-refractivity contribution in [3.05, 3.63) is 0 Å². The van der Waals surface area contributed by atoms with Gasteiger partial charge in [0.15, 0.2) is 0 Å². The van der Waals surface area contributed by atoms with E-state index in [0.29, 0.717) is 18.8 Å². The summed E-state index contributed by atoms with van der Waals surface area (Å²) in [6, 6.07) is 0. The van der Waals surface area contributed by atoms with E-state index in [1.54, 1.807) is 0 Å². The van der Waals surface area contributed by atoms with Gasteiger partial charge in [0.1, 0.15) is 6.29 Å². The fourth-order valence-corrected chi connectivity index (χ4v) is 0.884. The van der Waals surface area contributed by atoms with Crippen molar-refractivity contribution in [2.45, 2.75) is 32.6 Å². The van der Waals surface area contributed by atoms with Gasteiger partial charge in [0.25, 0.3) is 0 Å². The summed E-state index contributed by atoms with van der Waals surface area (Å²) < 4.78 is 0. The topological polar surface area (TPSA) is 54.4 Å². The van der Waals surface area contributed by atoms with Gasteiger partial charge in [0, 0.05) is 12.8 Å². The maximum atomic E-state index is 10.1.